The zero-order valence-electron chi connectivity index (χ0n) is 48.1. The van der Waals surface area contributed by atoms with Gasteiger partial charge in [0.1, 0.15) is 37.9 Å². The zero-order valence-corrected chi connectivity index (χ0v) is 48.1. The van der Waals surface area contributed by atoms with Crippen molar-refractivity contribution in [2.75, 3.05) is 69.1 Å². The van der Waals surface area contributed by atoms with Crippen molar-refractivity contribution in [3.8, 4) is 46.0 Å². The molecular weight excluding hydrogens is 1060 g/mol. The van der Waals surface area contributed by atoms with Crippen LogP contribution in [0, 0.1) is 0 Å². The first-order valence-electron chi connectivity index (χ1n) is 28.2. The minimum absolute atomic E-state index is 0.0202. The first-order chi connectivity index (χ1) is 41.2. The lowest BCUT2D eigenvalue weighted by molar-refractivity contribution is -0.145. The topological polar surface area (TPSA) is 126 Å². The van der Waals surface area contributed by atoms with Gasteiger partial charge in [0.15, 0.2) is 23.0 Å². The molecule has 0 bridgehead atoms. The minimum atomic E-state index is -0.305. The fourth-order valence-electron chi connectivity index (χ4n) is 11.5. The van der Waals surface area contributed by atoms with E-state index in [2.05, 4.69) is 109 Å². The molecule has 0 atom stereocenters. The molecule has 0 saturated carbocycles. The third-order valence-electron chi connectivity index (χ3n) is 15.5. The number of carbonyl (C=O) groups is 2. The number of benzene rings is 11. The number of hydrogen-bond acceptors (Lipinski definition) is 12. The van der Waals surface area contributed by atoms with Crippen LogP contribution in [-0.2, 0) is 31.9 Å². The maximum absolute atomic E-state index is 13.3. The molecule has 0 saturated heterocycles. The number of aryl methyl sites for hydroxylation is 2. The molecule has 0 unspecified atom stereocenters. The summed E-state index contributed by atoms with van der Waals surface area (Å²) in [6.07, 6.45) is 10.8. The number of carbonyl (C=O) groups excluding carboxylic acids is 2. The van der Waals surface area contributed by atoms with Crippen molar-refractivity contribution in [1.82, 2.24) is 0 Å². The zero-order chi connectivity index (χ0) is 58.1. The van der Waals surface area contributed by atoms with Gasteiger partial charge in [0.2, 0.25) is 11.5 Å². The Bertz CT molecular complexity index is 3880. The van der Waals surface area contributed by atoms with Crippen LogP contribution >= 0.6 is 0 Å². The molecule has 0 N–H and O–H groups in total. The molecule has 84 heavy (non-hydrogen) atoms. The summed E-state index contributed by atoms with van der Waals surface area (Å²) in [6, 6.07) is 50.1. The maximum Gasteiger partial charge on any atom is 0.305 e. The van der Waals surface area contributed by atoms with Gasteiger partial charge >= 0.3 is 11.9 Å². The monoisotopic (exact) mass is 1120 g/mol. The van der Waals surface area contributed by atoms with Crippen LogP contribution in [0.4, 0.5) is 0 Å². The lowest BCUT2D eigenvalue weighted by Crippen LogP contribution is -2.13. The van der Waals surface area contributed by atoms with Crippen LogP contribution in [0.3, 0.4) is 0 Å². The predicted molar refractivity (Wildman–Crippen MR) is 336 cm³/mol. The fraction of sp³-hybridized carbons (Fsp3) is 0.222. The van der Waals surface area contributed by atoms with E-state index in [4.69, 9.17) is 47.4 Å². The smallest absolute Gasteiger partial charge is 0.305 e. The van der Waals surface area contributed by atoms with E-state index in [9.17, 15) is 9.59 Å². The van der Waals surface area contributed by atoms with Crippen LogP contribution in [0.2, 0.25) is 0 Å². The second-order valence-corrected chi connectivity index (χ2v) is 20.5. The normalized spacial score (nSPS) is 11.7. The molecule has 0 radical (unpaired) electrons. The summed E-state index contributed by atoms with van der Waals surface area (Å²) in [5, 5.41) is 14.8. The summed E-state index contributed by atoms with van der Waals surface area (Å²) in [5.74, 6) is 3.25. The Morgan fingerprint density at radius 1 is 0.357 bits per heavy atom. The number of rotatable bonds is 26. The van der Waals surface area contributed by atoms with E-state index < -0.39 is 0 Å². The number of hydrogen-bond donors (Lipinski definition) is 0. The van der Waals surface area contributed by atoms with Gasteiger partial charge in [-0.1, -0.05) is 133 Å². The van der Waals surface area contributed by atoms with Gasteiger partial charge in [-0.3, -0.25) is 9.59 Å². The van der Waals surface area contributed by atoms with E-state index in [0.717, 1.165) is 24.0 Å². The Hall–Kier alpha value is -9.68. The Labute approximate surface area is 488 Å². The average Bonchev–Trinajstić information content (AvgIpc) is 3.67. The molecule has 0 spiro atoms. The van der Waals surface area contributed by atoms with E-state index in [1.54, 1.807) is 42.7 Å². The molecule has 426 valence electrons. The molecule has 0 aliphatic rings. The van der Waals surface area contributed by atoms with Gasteiger partial charge in [0.05, 0.1) is 42.7 Å². The lowest BCUT2D eigenvalue weighted by atomic mass is 9.90. The molecular formula is C72H66O12. The first-order valence-corrected chi connectivity index (χ1v) is 28.2. The largest absolute Gasteiger partial charge is 0.493 e. The van der Waals surface area contributed by atoms with Gasteiger partial charge in [0.25, 0.3) is 0 Å². The molecule has 12 nitrogen and oxygen atoms in total. The fourth-order valence-corrected chi connectivity index (χ4v) is 11.5. The highest BCUT2D eigenvalue weighted by Crippen LogP contribution is 2.42. The summed E-state index contributed by atoms with van der Waals surface area (Å²) in [6.45, 7) is 0.169. The predicted octanol–water partition coefficient (Wildman–Crippen LogP) is 15.8. The quantitative estimate of drug-likeness (QED) is 0.0222. The van der Waals surface area contributed by atoms with Crippen molar-refractivity contribution >= 4 is 101 Å². The summed E-state index contributed by atoms with van der Waals surface area (Å²) in [4.78, 5) is 26.6. The Morgan fingerprint density at radius 2 is 0.702 bits per heavy atom. The second-order valence-electron chi connectivity index (χ2n) is 20.5. The van der Waals surface area contributed by atoms with Gasteiger partial charge in [0, 0.05) is 24.0 Å². The van der Waals surface area contributed by atoms with Gasteiger partial charge in [-0.25, -0.2) is 0 Å². The van der Waals surface area contributed by atoms with Crippen LogP contribution < -0.4 is 37.9 Å². The summed E-state index contributed by atoms with van der Waals surface area (Å²) in [7, 11) is 9.38. The van der Waals surface area contributed by atoms with Crippen molar-refractivity contribution in [3.05, 3.63) is 179 Å². The van der Waals surface area contributed by atoms with Crippen LogP contribution in [-0.4, -0.2) is 81.0 Å². The van der Waals surface area contributed by atoms with E-state index >= 15 is 0 Å². The van der Waals surface area contributed by atoms with Crippen LogP contribution in [0.15, 0.2) is 146 Å². The van der Waals surface area contributed by atoms with Crippen LogP contribution in [0.1, 0.15) is 59.1 Å². The van der Waals surface area contributed by atoms with Gasteiger partial charge in [-0.15, -0.1) is 0 Å². The highest BCUT2D eigenvalue weighted by atomic mass is 16.6. The molecule has 0 aromatic heterocycles. The Kier molecular flexibility index (Phi) is 17.1. The lowest BCUT2D eigenvalue weighted by Gasteiger charge is -2.16. The minimum Gasteiger partial charge on any atom is -0.493 e. The Morgan fingerprint density at radius 3 is 1.06 bits per heavy atom. The molecule has 0 heterocycles. The van der Waals surface area contributed by atoms with Crippen LogP contribution in [0.5, 0.6) is 46.0 Å². The van der Waals surface area contributed by atoms with Crippen molar-refractivity contribution in [2.24, 2.45) is 0 Å². The van der Waals surface area contributed by atoms with Crippen molar-refractivity contribution in [2.45, 2.75) is 38.5 Å². The molecule has 0 amide bonds. The molecule has 11 aromatic rings. The van der Waals surface area contributed by atoms with E-state index in [0.29, 0.717) is 70.0 Å². The standard InChI is InChI=1S/C72H66O12/c1-75-61-39-45(40-62(76-2)71(61)79-5)19-21-55-43-60(82-36-38-84-66(74)18-10-12-48-24-26-54-30-28-50-14-8-16-52-32-34-58(48)70(54)68(50)52)56(22-20-46-41-63(77-3)72(80-6)64(42-46)78-4)44-59(55)81-35-37-83-65(73)17-9-11-47-23-25-53-29-27-49-13-7-15-51-31-33-57(47)69(53)67(49)51/h7-8,13-16,19-34,39-44H,9-12,17-18,35-38H2,1-6H3/b21-19+,22-20+. The van der Waals surface area contributed by atoms with E-state index in [-0.39, 0.29) is 51.2 Å². The average molecular weight is 1120 g/mol. The SMILES string of the molecule is COc1cc(/C=C/c2cc(OCCOC(=O)CCCc3ccc4ccc5cccc6ccc3c4c56)c(/C=C/c3cc(OC)c(OC)c(OC)c3)cc2OCCOC(=O)CCCc2ccc3ccc4cccc5ccc2c3c45)cc(OC)c1OC. The van der Waals surface area contributed by atoms with E-state index in [1.807, 2.05) is 60.7 Å². The van der Waals surface area contributed by atoms with Crippen molar-refractivity contribution in [3.63, 3.8) is 0 Å². The number of esters is 2. The number of methoxy groups -OCH3 is 6. The van der Waals surface area contributed by atoms with Gasteiger partial charge in [-0.05, 0) is 149 Å². The van der Waals surface area contributed by atoms with Crippen molar-refractivity contribution in [1.29, 1.82) is 0 Å². The number of ether oxygens (including phenoxy) is 10. The molecule has 0 aliphatic heterocycles. The highest BCUT2D eigenvalue weighted by molar-refractivity contribution is 6.24. The highest BCUT2D eigenvalue weighted by Gasteiger charge is 2.18. The Balaban J connectivity index is 0.803. The third-order valence-corrected chi connectivity index (χ3v) is 15.5. The van der Waals surface area contributed by atoms with Gasteiger partial charge in [-0.2, -0.15) is 0 Å². The molecule has 0 fully saturated rings. The summed E-state index contributed by atoms with van der Waals surface area (Å²) in [5.41, 5.74) is 5.21. The first kappa shape index (κ1) is 56.2. The summed E-state index contributed by atoms with van der Waals surface area (Å²) < 4.78 is 58.4. The maximum atomic E-state index is 13.3. The van der Waals surface area contributed by atoms with Gasteiger partial charge < -0.3 is 47.4 Å². The summed E-state index contributed by atoms with van der Waals surface area (Å²) >= 11 is 0. The second kappa shape index (κ2) is 25.6. The van der Waals surface area contributed by atoms with E-state index in [1.165, 1.54) is 75.8 Å². The third kappa shape index (κ3) is 11.8. The van der Waals surface area contributed by atoms with Crippen molar-refractivity contribution < 1.29 is 57.0 Å². The molecule has 0 aliphatic carbocycles. The molecule has 11 rings (SSSR count). The van der Waals surface area contributed by atoms with Crippen LogP contribution in [0.25, 0.3) is 88.9 Å². The molecule has 12 heteroatoms. The molecule has 11 aromatic carbocycles.